The highest BCUT2D eigenvalue weighted by atomic mass is 19.4. The van der Waals surface area contributed by atoms with Gasteiger partial charge in [-0.05, 0) is 25.1 Å². The number of primary amides is 1. The molecule has 0 unspecified atom stereocenters. The van der Waals surface area contributed by atoms with E-state index >= 15 is 0 Å². The van der Waals surface area contributed by atoms with Crippen LogP contribution in [0, 0.1) is 6.92 Å². The molecule has 0 spiro atoms. The number of halogens is 3. The summed E-state index contributed by atoms with van der Waals surface area (Å²) in [6.07, 6.45) is -2.95. The predicted molar refractivity (Wildman–Crippen MR) is 79.7 cm³/mol. The van der Waals surface area contributed by atoms with Crippen LogP contribution in [-0.2, 0) is 18.0 Å². The van der Waals surface area contributed by atoms with E-state index in [-0.39, 0.29) is 12.2 Å². The van der Waals surface area contributed by atoms with Crippen molar-refractivity contribution in [1.82, 2.24) is 24.9 Å². The van der Waals surface area contributed by atoms with E-state index in [1.54, 1.807) is 17.8 Å². The molecule has 2 N–H and O–H groups in total. The van der Waals surface area contributed by atoms with Crippen LogP contribution >= 0.6 is 0 Å². The predicted octanol–water partition coefficient (Wildman–Crippen LogP) is 1.96. The third-order valence-electron chi connectivity index (χ3n) is 2.95. The fourth-order valence-corrected chi connectivity index (χ4v) is 2.02. The highest BCUT2D eigenvalue weighted by molar-refractivity contribution is 5.64. The number of hydrogen-bond acceptors (Lipinski definition) is 6. The first-order chi connectivity index (χ1) is 11.8. The zero-order valence-electron chi connectivity index (χ0n) is 13.2. The van der Waals surface area contributed by atoms with Crippen molar-refractivity contribution < 1.29 is 22.5 Å². The number of rotatable bonds is 2. The highest BCUT2D eigenvalue weighted by Gasteiger charge is 2.38. The van der Waals surface area contributed by atoms with Gasteiger partial charge in [0.15, 0.2) is 0 Å². The maximum Gasteiger partial charge on any atom is 0.471 e. The molecule has 0 atom stereocenters. The number of carbonyl (C=O) groups is 1. The van der Waals surface area contributed by atoms with Gasteiger partial charge in [-0.3, -0.25) is 14.5 Å². The molecule has 0 bridgehead atoms. The lowest BCUT2D eigenvalue weighted by atomic mass is 10.2. The third kappa shape index (κ3) is 4.19. The molecule has 0 aliphatic carbocycles. The van der Waals surface area contributed by atoms with E-state index in [9.17, 15) is 13.2 Å². The zero-order valence-corrected chi connectivity index (χ0v) is 13.2. The van der Waals surface area contributed by atoms with Gasteiger partial charge in [0.1, 0.15) is 0 Å². The fourth-order valence-electron chi connectivity index (χ4n) is 2.02. The average molecular weight is 354 g/mol. The number of nitrogens with two attached hydrogens (primary N) is 1. The molecule has 3 aromatic heterocycles. The molecule has 3 heterocycles. The van der Waals surface area contributed by atoms with Gasteiger partial charge in [0.2, 0.25) is 12.2 Å². The molecule has 1 amide bonds. The zero-order chi connectivity index (χ0) is 18.6. The number of aromatic nitrogens is 5. The fraction of sp³-hybridized carbons (Fsp3) is 0.214. The lowest BCUT2D eigenvalue weighted by Gasteiger charge is -2.02. The molecule has 0 aliphatic rings. The first-order valence-electron chi connectivity index (χ1n) is 6.80. The van der Waals surface area contributed by atoms with E-state index in [0.29, 0.717) is 11.3 Å². The number of amides is 1. The van der Waals surface area contributed by atoms with Crippen LogP contribution in [0.25, 0.3) is 22.8 Å². The molecule has 0 saturated heterocycles. The standard InChI is InChI=1S/C13H10F3N5O.CH3NO/c1-7-5-10(21(2)19-7)9-6-8(3-4-17-9)11-18-12(22-20-11)13(14,15)16;2-1-3/h3-6H,1-2H3;1H,(H2,2,3). The molecule has 8 nitrogen and oxygen atoms in total. The van der Waals surface area contributed by atoms with Gasteiger partial charge in [-0.2, -0.15) is 23.3 Å². The quantitative estimate of drug-likeness (QED) is 0.704. The minimum atomic E-state index is -4.67. The topological polar surface area (TPSA) is 113 Å². The Hall–Kier alpha value is -3.24. The second-order valence-electron chi connectivity index (χ2n) is 4.78. The summed E-state index contributed by atoms with van der Waals surface area (Å²) in [7, 11) is 1.76. The molecule has 3 aromatic rings. The van der Waals surface area contributed by atoms with E-state index in [1.165, 1.54) is 12.3 Å². The molecule has 0 radical (unpaired) electrons. The van der Waals surface area contributed by atoms with Crippen LogP contribution in [0.4, 0.5) is 13.2 Å². The Morgan fingerprint density at radius 3 is 2.52 bits per heavy atom. The summed E-state index contributed by atoms with van der Waals surface area (Å²) in [5.74, 6) is -1.52. The Morgan fingerprint density at radius 1 is 1.32 bits per heavy atom. The first-order valence-corrected chi connectivity index (χ1v) is 6.80. The largest absolute Gasteiger partial charge is 0.471 e. The van der Waals surface area contributed by atoms with Gasteiger partial charge in [0, 0.05) is 18.8 Å². The molecule has 0 fully saturated rings. The Kier molecular flexibility index (Phi) is 5.15. The molecule has 132 valence electrons. The maximum absolute atomic E-state index is 12.5. The van der Waals surface area contributed by atoms with Crippen LogP contribution in [0.5, 0.6) is 0 Å². The number of aryl methyl sites for hydroxylation is 2. The molecular formula is C14H13F3N6O2. The summed E-state index contributed by atoms with van der Waals surface area (Å²) in [5.41, 5.74) is 6.64. The van der Waals surface area contributed by atoms with E-state index in [0.717, 1.165) is 11.4 Å². The van der Waals surface area contributed by atoms with Gasteiger partial charge in [-0.25, -0.2) is 0 Å². The summed E-state index contributed by atoms with van der Waals surface area (Å²) >= 11 is 0. The van der Waals surface area contributed by atoms with Gasteiger partial charge >= 0.3 is 12.1 Å². The van der Waals surface area contributed by atoms with Crippen molar-refractivity contribution in [2.24, 2.45) is 12.8 Å². The van der Waals surface area contributed by atoms with E-state index in [4.69, 9.17) is 4.79 Å². The molecule has 3 rings (SSSR count). The van der Waals surface area contributed by atoms with Crippen LogP contribution in [0.15, 0.2) is 28.9 Å². The van der Waals surface area contributed by atoms with E-state index in [1.807, 2.05) is 13.0 Å². The monoisotopic (exact) mass is 354 g/mol. The highest BCUT2D eigenvalue weighted by Crippen LogP contribution is 2.30. The van der Waals surface area contributed by atoms with Crippen LogP contribution < -0.4 is 5.73 Å². The summed E-state index contributed by atoms with van der Waals surface area (Å²) in [6.45, 7) is 1.84. The Labute approximate surface area is 139 Å². The molecule has 0 saturated carbocycles. The van der Waals surface area contributed by atoms with Gasteiger partial charge in [0.25, 0.3) is 0 Å². The van der Waals surface area contributed by atoms with Crippen LogP contribution in [0.3, 0.4) is 0 Å². The number of nitrogens with zero attached hydrogens (tertiary/aromatic N) is 5. The molecular weight excluding hydrogens is 341 g/mol. The molecule has 11 heteroatoms. The number of hydrogen-bond donors (Lipinski definition) is 1. The summed E-state index contributed by atoms with van der Waals surface area (Å²) in [5, 5.41) is 7.56. The lowest BCUT2D eigenvalue weighted by molar-refractivity contribution is -0.159. The maximum atomic E-state index is 12.5. The summed E-state index contributed by atoms with van der Waals surface area (Å²) in [4.78, 5) is 16.1. The third-order valence-corrected chi connectivity index (χ3v) is 2.95. The average Bonchev–Trinajstić information content (AvgIpc) is 3.15. The van der Waals surface area contributed by atoms with Gasteiger partial charge in [0.05, 0.1) is 17.1 Å². The molecule has 0 aromatic carbocycles. The van der Waals surface area contributed by atoms with Gasteiger partial charge < -0.3 is 10.3 Å². The van der Waals surface area contributed by atoms with Crippen LogP contribution in [0.1, 0.15) is 11.6 Å². The minimum absolute atomic E-state index is 0.144. The molecule has 25 heavy (non-hydrogen) atoms. The normalized spacial score (nSPS) is 10.9. The van der Waals surface area contributed by atoms with Crippen LogP contribution in [0.2, 0.25) is 0 Å². The Morgan fingerprint density at radius 2 is 2.00 bits per heavy atom. The van der Waals surface area contributed by atoms with Crippen molar-refractivity contribution in [3.63, 3.8) is 0 Å². The van der Waals surface area contributed by atoms with Gasteiger partial charge in [-0.15, -0.1) is 0 Å². The van der Waals surface area contributed by atoms with E-state index in [2.05, 4.69) is 30.5 Å². The smallest absolute Gasteiger partial charge is 0.372 e. The summed E-state index contributed by atoms with van der Waals surface area (Å²) < 4.78 is 43.4. The lowest BCUT2D eigenvalue weighted by Crippen LogP contribution is -2.04. The number of pyridine rings is 1. The van der Waals surface area contributed by atoms with Crippen molar-refractivity contribution >= 4 is 6.41 Å². The Bertz CT molecular complexity index is 872. The van der Waals surface area contributed by atoms with Crippen molar-refractivity contribution in [3.05, 3.63) is 36.0 Å². The number of carbonyl (C=O) groups excluding carboxylic acids is 1. The Balaban J connectivity index is 0.000000701. The van der Waals surface area contributed by atoms with Crippen molar-refractivity contribution in [3.8, 4) is 22.8 Å². The minimum Gasteiger partial charge on any atom is -0.372 e. The second-order valence-corrected chi connectivity index (χ2v) is 4.78. The van der Waals surface area contributed by atoms with Gasteiger partial charge in [-0.1, -0.05) is 5.16 Å². The summed E-state index contributed by atoms with van der Waals surface area (Å²) in [6, 6.07) is 4.92. The van der Waals surface area contributed by atoms with E-state index < -0.39 is 12.1 Å². The molecule has 0 aliphatic heterocycles. The first kappa shape index (κ1) is 18.1. The second kappa shape index (κ2) is 7.11. The van der Waals surface area contributed by atoms with Crippen molar-refractivity contribution in [2.45, 2.75) is 13.1 Å². The van der Waals surface area contributed by atoms with Crippen LogP contribution in [-0.4, -0.2) is 31.3 Å². The SMILES string of the molecule is Cc1cc(-c2cc(-c3noc(C(F)(F)F)n3)ccn2)n(C)n1.NC=O. The van der Waals surface area contributed by atoms with Crippen molar-refractivity contribution in [1.29, 1.82) is 0 Å². The van der Waals surface area contributed by atoms with Crippen molar-refractivity contribution in [2.75, 3.05) is 0 Å². The number of alkyl halides is 3.